The monoisotopic (exact) mass is 545 g/mol. The number of morpholine rings is 1. The van der Waals surface area contributed by atoms with Gasteiger partial charge in [-0.2, -0.15) is 0 Å². The number of ether oxygens (including phenoxy) is 1. The lowest BCUT2D eigenvalue weighted by Gasteiger charge is -2.29. The van der Waals surface area contributed by atoms with E-state index in [1.54, 1.807) is 12.3 Å². The lowest BCUT2D eigenvalue weighted by Crippen LogP contribution is -2.36. The van der Waals surface area contributed by atoms with Gasteiger partial charge in [0.15, 0.2) is 0 Å². The predicted octanol–water partition coefficient (Wildman–Crippen LogP) is 4.36. The first-order valence-corrected chi connectivity index (χ1v) is 13.8. The van der Waals surface area contributed by atoms with Gasteiger partial charge in [-0.25, -0.2) is 4.39 Å². The molecular formula is C31H36FN5O3. The Morgan fingerprint density at radius 2 is 1.70 bits per heavy atom. The summed E-state index contributed by atoms with van der Waals surface area (Å²) >= 11 is 0. The van der Waals surface area contributed by atoms with Gasteiger partial charge in [0.1, 0.15) is 5.82 Å². The van der Waals surface area contributed by atoms with E-state index < -0.39 is 11.7 Å². The highest BCUT2D eigenvalue weighted by Gasteiger charge is 2.19. The maximum Gasteiger partial charge on any atom is 0.255 e. The van der Waals surface area contributed by atoms with Crippen LogP contribution in [0.5, 0.6) is 0 Å². The summed E-state index contributed by atoms with van der Waals surface area (Å²) in [4.78, 5) is 34.5. The molecule has 2 aliphatic rings. The van der Waals surface area contributed by atoms with Crippen LogP contribution >= 0.6 is 0 Å². The van der Waals surface area contributed by atoms with Gasteiger partial charge in [0.2, 0.25) is 0 Å². The number of pyridine rings is 1. The molecule has 0 aliphatic carbocycles. The average Bonchev–Trinajstić information content (AvgIpc) is 2.98. The van der Waals surface area contributed by atoms with Gasteiger partial charge in [0, 0.05) is 47.7 Å². The molecule has 2 N–H and O–H groups in total. The molecule has 8 nitrogen and oxygen atoms in total. The van der Waals surface area contributed by atoms with Crippen LogP contribution in [0.25, 0.3) is 11.1 Å². The Morgan fingerprint density at radius 1 is 0.975 bits per heavy atom. The number of aryl methyl sites for hydroxylation is 1. The number of anilines is 2. The van der Waals surface area contributed by atoms with Crippen LogP contribution in [0.3, 0.4) is 0 Å². The van der Waals surface area contributed by atoms with E-state index in [-0.39, 0.29) is 11.5 Å². The van der Waals surface area contributed by atoms with E-state index >= 15 is 0 Å². The molecule has 0 radical (unpaired) electrons. The summed E-state index contributed by atoms with van der Waals surface area (Å²) < 4.78 is 19.8. The Hall–Kier alpha value is -3.82. The molecule has 9 heteroatoms. The standard InChI is InChI=1S/C31H36FN5O3/c1-21-29(23-3-5-24(6-4-23)30(38)34-19-22-7-9-36(2)10-8-22)18-27(20-33-21)35-31(39)25-15-26(32)17-28(16-25)37-11-13-40-14-12-37/h3-6,15-18,20,22H,7-14,19H2,1-2H3,(H,34,38)(H,35,39). The van der Waals surface area contributed by atoms with Crippen LogP contribution in [0.15, 0.2) is 54.7 Å². The summed E-state index contributed by atoms with van der Waals surface area (Å²) in [6.45, 7) is 7.16. The molecular weight excluding hydrogens is 509 g/mol. The highest BCUT2D eigenvalue weighted by molar-refractivity contribution is 6.05. The first-order valence-electron chi connectivity index (χ1n) is 13.8. The molecule has 2 saturated heterocycles. The quantitative estimate of drug-likeness (QED) is 0.459. The number of carbonyl (C=O) groups excluding carboxylic acids is 2. The second-order valence-corrected chi connectivity index (χ2v) is 10.6. The van der Waals surface area contributed by atoms with Crippen LogP contribution < -0.4 is 15.5 Å². The molecule has 5 rings (SSSR count). The summed E-state index contributed by atoms with van der Waals surface area (Å²) in [5.74, 6) is -0.438. The van der Waals surface area contributed by atoms with Crippen molar-refractivity contribution in [2.75, 3.05) is 63.2 Å². The lowest BCUT2D eigenvalue weighted by molar-refractivity contribution is 0.0938. The lowest BCUT2D eigenvalue weighted by atomic mass is 9.97. The fourth-order valence-electron chi connectivity index (χ4n) is 5.21. The van der Waals surface area contributed by atoms with Gasteiger partial charge < -0.3 is 25.2 Å². The zero-order valence-electron chi connectivity index (χ0n) is 23.1. The van der Waals surface area contributed by atoms with E-state index in [2.05, 4.69) is 27.6 Å². The molecule has 0 saturated carbocycles. The highest BCUT2D eigenvalue weighted by atomic mass is 19.1. The van der Waals surface area contributed by atoms with Crippen molar-refractivity contribution in [3.8, 4) is 11.1 Å². The second-order valence-electron chi connectivity index (χ2n) is 10.6. The number of benzene rings is 2. The number of carbonyl (C=O) groups is 2. The maximum atomic E-state index is 14.4. The molecule has 0 unspecified atom stereocenters. The fourth-order valence-corrected chi connectivity index (χ4v) is 5.21. The van der Waals surface area contributed by atoms with Crippen molar-refractivity contribution in [2.45, 2.75) is 19.8 Å². The minimum atomic E-state index is -0.465. The molecule has 3 heterocycles. The number of rotatable bonds is 7. The number of hydrogen-bond acceptors (Lipinski definition) is 6. The van der Waals surface area contributed by atoms with E-state index in [1.165, 1.54) is 12.1 Å². The Labute approximate surface area is 234 Å². The van der Waals surface area contributed by atoms with Crippen molar-refractivity contribution in [1.29, 1.82) is 0 Å². The largest absolute Gasteiger partial charge is 0.378 e. The Balaban J connectivity index is 1.25. The van der Waals surface area contributed by atoms with E-state index in [9.17, 15) is 14.0 Å². The minimum Gasteiger partial charge on any atom is -0.378 e. The fraction of sp³-hybridized carbons (Fsp3) is 0.387. The molecule has 2 aromatic carbocycles. The third kappa shape index (κ3) is 6.84. The van der Waals surface area contributed by atoms with Gasteiger partial charge in [-0.15, -0.1) is 0 Å². The summed E-state index contributed by atoms with van der Waals surface area (Å²) in [5, 5.41) is 5.93. The smallest absolute Gasteiger partial charge is 0.255 e. The normalized spacial score (nSPS) is 16.5. The SMILES string of the molecule is Cc1ncc(NC(=O)c2cc(F)cc(N3CCOCC3)c2)cc1-c1ccc(C(=O)NCC2CCN(C)CC2)cc1. The summed E-state index contributed by atoms with van der Waals surface area (Å²) in [6.07, 6.45) is 3.79. The topological polar surface area (TPSA) is 86.8 Å². The van der Waals surface area contributed by atoms with Crippen LogP contribution in [0.2, 0.25) is 0 Å². The molecule has 1 aromatic heterocycles. The minimum absolute atomic E-state index is 0.0760. The number of nitrogens with one attached hydrogen (secondary N) is 2. The summed E-state index contributed by atoms with van der Waals surface area (Å²) in [6, 6.07) is 13.6. The third-order valence-corrected chi connectivity index (χ3v) is 7.71. The third-order valence-electron chi connectivity index (χ3n) is 7.71. The highest BCUT2D eigenvalue weighted by Crippen LogP contribution is 2.27. The van der Waals surface area contributed by atoms with Gasteiger partial charge in [-0.05, 0) is 87.8 Å². The zero-order valence-corrected chi connectivity index (χ0v) is 23.1. The van der Waals surface area contributed by atoms with E-state index in [0.29, 0.717) is 55.7 Å². The molecule has 40 heavy (non-hydrogen) atoms. The van der Waals surface area contributed by atoms with Gasteiger partial charge in [-0.1, -0.05) is 12.1 Å². The molecule has 0 bridgehead atoms. The van der Waals surface area contributed by atoms with E-state index in [4.69, 9.17) is 4.74 Å². The van der Waals surface area contributed by atoms with Crippen LogP contribution in [0, 0.1) is 18.7 Å². The van der Waals surface area contributed by atoms with Crippen LogP contribution in [-0.2, 0) is 4.74 Å². The number of nitrogens with zero attached hydrogens (tertiary/aromatic N) is 3. The van der Waals surface area contributed by atoms with Crippen molar-refractivity contribution >= 4 is 23.2 Å². The van der Waals surface area contributed by atoms with Gasteiger partial charge >= 0.3 is 0 Å². The van der Waals surface area contributed by atoms with Gasteiger partial charge in [0.05, 0.1) is 25.1 Å². The Morgan fingerprint density at radius 3 is 2.42 bits per heavy atom. The van der Waals surface area contributed by atoms with Crippen LogP contribution in [0.1, 0.15) is 39.3 Å². The zero-order chi connectivity index (χ0) is 28.1. The van der Waals surface area contributed by atoms with Crippen molar-refractivity contribution in [3.63, 3.8) is 0 Å². The van der Waals surface area contributed by atoms with Crippen LogP contribution in [0.4, 0.5) is 15.8 Å². The van der Waals surface area contributed by atoms with Gasteiger partial charge in [-0.3, -0.25) is 14.6 Å². The molecule has 3 aromatic rings. The number of aromatic nitrogens is 1. The molecule has 210 valence electrons. The summed E-state index contributed by atoms with van der Waals surface area (Å²) in [5.41, 5.74) is 4.51. The van der Waals surface area contributed by atoms with Crippen molar-refractivity contribution < 1.29 is 18.7 Å². The predicted molar refractivity (Wildman–Crippen MR) is 154 cm³/mol. The van der Waals surface area contributed by atoms with Crippen molar-refractivity contribution in [1.82, 2.24) is 15.2 Å². The first kappa shape index (κ1) is 27.7. The van der Waals surface area contributed by atoms with Crippen molar-refractivity contribution in [3.05, 3.63) is 77.4 Å². The van der Waals surface area contributed by atoms with Crippen molar-refractivity contribution in [2.24, 2.45) is 5.92 Å². The molecule has 2 amide bonds. The number of halogens is 1. The molecule has 2 fully saturated rings. The first-order chi connectivity index (χ1) is 19.4. The molecule has 0 atom stereocenters. The second kappa shape index (κ2) is 12.6. The average molecular weight is 546 g/mol. The molecule has 0 spiro atoms. The Bertz CT molecular complexity index is 1350. The molecule has 2 aliphatic heterocycles. The number of likely N-dealkylation sites (tertiary alicyclic amines) is 1. The number of amides is 2. The Kier molecular flexibility index (Phi) is 8.72. The number of hydrogen-bond donors (Lipinski definition) is 2. The van der Waals surface area contributed by atoms with Crippen LogP contribution in [-0.4, -0.2) is 74.7 Å². The van der Waals surface area contributed by atoms with Gasteiger partial charge in [0.25, 0.3) is 11.8 Å². The maximum absolute atomic E-state index is 14.4. The number of piperidine rings is 1. The summed E-state index contributed by atoms with van der Waals surface area (Å²) in [7, 11) is 2.13. The van der Waals surface area contributed by atoms with E-state index in [0.717, 1.165) is 42.8 Å². The van der Waals surface area contributed by atoms with E-state index in [1.807, 2.05) is 42.2 Å².